The van der Waals surface area contributed by atoms with Crippen LogP contribution >= 0.6 is 0 Å². The molecule has 1 heterocycles. The van der Waals surface area contributed by atoms with Crippen LogP contribution in [0, 0.1) is 5.92 Å². The van der Waals surface area contributed by atoms with Crippen molar-refractivity contribution < 1.29 is 8.78 Å². The van der Waals surface area contributed by atoms with Crippen LogP contribution in [0.1, 0.15) is 40.0 Å². The number of nitrogens with zero attached hydrogens (tertiary/aromatic N) is 2. The Balaban J connectivity index is 2.91. The molecule has 86 valence electrons. The van der Waals surface area contributed by atoms with E-state index in [0.29, 0.717) is 11.6 Å². The lowest BCUT2D eigenvalue weighted by Gasteiger charge is -2.20. The maximum atomic E-state index is 12.7. The second-order valence-corrected chi connectivity index (χ2v) is 4.17. The summed E-state index contributed by atoms with van der Waals surface area (Å²) in [5.74, 6) is 0.508. The number of halogens is 2. The third kappa shape index (κ3) is 3.29. The Morgan fingerprint density at radius 2 is 2.13 bits per heavy atom. The van der Waals surface area contributed by atoms with E-state index in [4.69, 9.17) is 0 Å². The van der Waals surface area contributed by atoms with Crippen LogP contribution < -0.4 is 0 Å². The van der Waals surface area contributed by atoms with Crippen LogP contribution in [0.4, 0.5) is 8.78 Å². The van der Waals surface area contributed by atoms with Gasteiger partial charge in [-0.25, -0.2) is 5.01 Å². The van der Waals surface area contributed by atoms with Gasteiger partial charge < -0.3 is 0 Å². The van der Waals surface area contributed by atoms with Crippen molar-refractivity contribution in [1.82, 2.24) is 5.01 Å². The highest BCUT2D eigenvalue weighted by Gasteiger charge is 2.18. The summed E-state index contributed by atoms with van der Waals surface area (Å²) < 4.78 is 25.3. The van der Waals surface area contributed by atoms with Crippen molar-refractivity contribution in [2.75, 3.05) is 0 Å². The third-order valence-corrected chi connectivity index (χ3v) is 2.87. The highest BCUT2D eigenvalue weighted by molar-refractivity contribution is 5.57. The molecule has 4 heteroatoms. The minimum Gasteiger partial charge on any atom is -0.209 e. The van der Waals surface area contributed by atoms with Gasteiger partial charge in [-0.1, -0.05) is 12.5 Å². The molecule has 0 aromatic heterocycles. The van der Waals surface area contributed by atoms with Gasteiger partial charge in [0.2, 0.25) is 0 Å². The molecular formula is C11H18F2N2. The van der Waals surface area contributed by atoms with Crippen LogP contribution in [0.3, 0.4) is 0 Å². The number of hydrogen-bond acceptors (Lipinski definition) is 2. The Labute approximate surface area is 89.6 Å². The van der Waals surface area contributed by atoms with E-state index in [0.717, 1.165) is 29.8 Å². The predicted molar refractivity (Wildman–Crippen MR) is 57.7 cm³/mol. The van der Waals surface area contributed by atoms with Crippen molar-refractivity contribution >= 4 is 6.21 Å². The quantitative estimate of drug-likeness (QED) is 0.611. The number of alkyl halides is 2. The second-order valence-electron chi connectivity index (χ2n) is 4.17. The minimum atomic E-state index is -2.55. The summed E-state index contributed by atoms with van der Waals surface area (Å²) in [7, 11) is 0. The fraction of sp³-hybridized carbons (Fsp3) is 0.727. The molecule has 0 bridgehead atoms. The van der Waals surface area contributed by atoms with Crippen LogP contribution in [0.2, 0.25) is 0 Å². The number of rotatable bonds is 1. The monoisotopic (exact) mass is 216 g/mol. The van der Waals surface area contributed by atoms with Crippen LogP contribution in [-0.2, 0) is 0 Å². The van der Waals surface area contributed by atoms with Gasteiger partial charge in [-0.05, 0) is 39.0 Å². The third-order valence-electron chi connectivity index (χ3n) is 2.87. The second kappa shape index (κ2) is 5.24. The summed E-state index contributed by atoms with van der Waals surface area (Å²) in [5, 5.41) is 4.64. The molecule has 1 atom stereocenters. The predicted octanol–water partition coefficient (Wildman–Crippen LogP) is 3.61. The highest BCUT2D eigenvalue weighted by atomic mass is 19.3. The summed E-state index contributed by atoms with van der Waals surface area (Å²) in [6, 6.07) is 0. The first-order valence-corrected chi connectivity index (χ1v) is 5.28. The van der Waals surface area contributed by atoms with Gasteiger partial charge in [-0.15, -0.1) is 0 Å². The molecule has 1 unspecified atom stereocenters. The smallest absolute Gasteiger partial charge is 0.209 e. The lowest BCUT2D eigenvalue weighted by Crippen LogP contribution is -2.22. The summed E-state index contributed by atoms with van der Waals surface area (Å²) in [5.41, 5.74) is 1.58. The molecule has 0 aromatic carbocycles. The van der Waals surface area contributed by atoms with E-state index in [9.17, 15) is 8.78 Å². The molecule has 0 N–H and O–H groups in total. The molecule has 0 radical (unpaired) electrons. The maximum absolute atomic E-state index is 12.7. The fourth-order valence-corrected chi connectivity index (χ4v) is 1.56. The topological polar surface area (TPSA) is 15.6 Å². The van der Waals surface area contributed by atoms with Gasteiger partial charge in [-0.2, -0.15) is 13.9 Å². The molecule has 0 saturated carbocycles. The maximum Gasteiger partial charge on any atom is 0.333 e. The van der Waals surface area contributed by atoms with Crippen molar-refractivity contribution in [3.05, 3.63) is 11.3 Å². The number of hydrogen-bond donors (Lipinski definition) is 0. The fourth-order valence-electron chi connectivity index (χ4n) is 1.56. The molecule has 0 saturated heterocycles. The Bertz CT molecular complexity index is 272. The molecule has 0 fully saturated rings. The molecule has 2 nitrogen and oxygen atoms in total. The number of hydrazone groups is 1. The molecule has 0 spiro atoms. The lowest BCUT2D eigenvalue weighted by molar-refractivity contribution is -0.00201. The van der Waals surface area contributed by atoms with E-state index in [1.165, 1.54) is 0 Å². The number of allylic oxidation sites excluding steroid dienone is 2. The normalized spacial score (nSPS) is 31.1. The van der Waals surface area contributed by atoms with Crippen molar-refractivity contribution in [3.8, 4) is 0 Å². The summed E-state index contributed by atoms with van der Waals surface area (Å²) in [4.78, 5) is 0. The molecule has 1 aliphatic rings. The van der Waals surface area contributed by atoms with E-state index in [1.807, 2.05) is 6.92 Å². The average molecular weight is 216 g/mol. The van der Waals surface area contributed by atoms with Crippen LogP contribution in [0.25, 0.3) is 0 Å². The van der Waals surface area contributed by atoms with Crippen LogP contribution in [0.5, 0.6) is 0 Å². The highest BCUT2D eigenvalue weighted by Crippen LogP contribution is 2.23. The van der Waals surface area contributed by atoms with Crippen molar-refractivity contribution in [2.45, 2.75) is 46.6 Å². The van der Waals surface area contributed by atoms with Crippen LogP contribution in [-0.4, -0.2) is 17.8 Å². The van der Waals surface area contributed by atoms with Gasteiger partial charge in [0.1, 0.15) is 0 Å². The Morgan fingerprint density at radius 1 is 1.47 bits per heavy atom. The van der Waals surface area contributed by atoms with Gasteiger partial charge in [0.25, 0.3) is 0 Å². The Kier molecular flexibility index (Phi) is 4.24. The first-order valence-electron chi connectivity index (χ1n) is 5.28. The van der Waals surface area contributed by atoms with E-state index in [-0.39, 0.29) is 0 Å². The zero-order valence-corrected chi connectivity index (χ0v) is 9.50. The summed E-state index contributed by atoms with van der Waals surface area (Å²) >= 11 is 0. The largest absolute Gasteiger partial charge is 0.333 e. The summed E-state index contributed by atoms with van der Waals surface area (Å²) in [6.07, 6.45) is 4.27. The SMILES string of the molecule is C/C1=C(/C)N(C(F)F)/N=C/CC(C)CC1. The van der Waals surface area contributed by atoms with Gasteiger partial charge in [0, 0.05) is 11.9 Å². The first kappa shape index (κ1) is 12.1. The van der Waals surface area contributed by atoms with Gasteiger partial charge >= 0.3 is 6.55 Å². The Hall–Kier alpha value is -0.930. The average Bonchev–Trinajstić information content (AvgIpc) is 2.23. The molecular weight excluding hydrogens is 198 g/mol. The molecule has 15 heavy (non-hydrogen) atoms. The molecule has 0 aliphatic carbocycles. The van der Waals surface area contributed by atoms with Gasteiger partial charge in [0.15, 0.2) is 0 Å². The van der Waals surface area contributed by atoms with E-state index < -0.39 is 6.55 Å². The van der Waals surface area contributed by atoms with Gasteiger partial charge in [0.05, 0.1) is 0 Å². The van der Waals surface area contributed by atoms with Gasteiger partial charge in [-0.3, -0.25) is 0 Å². The molecule has 1 aliphatic heterocycles. The van der Waals surface area contributed by atoms with Crippen molar-refractivity contribution in [1.29, 1.82) is 0 Å². The van der Waals surface area contributed by atoms with E-state index in [2.05, 4.69) is 12.0 Å². The first-order chi connectivity index (χ1) is 7.02. The van der Waals surface area contributed by atoms with Crippen molar-refractivity contribution in [3.63, 3.8) is 0 Å². The van der Waals surface area contributed by atoms with Crippen molar-refractivity contribution in [2.24, 2.45) is 11.0 Å². The van der Waals surface area contributed by atoms with E-state index >= 15 is 0 Å². The zero-order chi connectivity index (χ0) is 11.4. The standard InChI is InChI=1S/C11H18F2N2/c1-8-4-5-9(2)10(3)15(11(12)13)14-7-6-8/h7-8,11H,4-6H2,1-3H3/b10-9+,14-7+. The lowest BCUT2D eigenvalue weighted by atomic mass is 9.99. The molecule has 0 amide bonds. The summed E-state index contributed by atoms with van der Waals surface area (Å²) in [6.45, 7) is 3.17. The molecule has 1 rings (SSSR count). The minimum absolute atomic E-state index is 0.508. The molecule has 0 aromatic rings. The van der Waals surface area contributed by atoms with E-state index in [1.54, 1.807) is 13.1 Å². The van der Waals surface area contributed by atoms with Crippen LogP contribution in [0.15, 0.2) is 16.4 Å². The zero-order valence-electron chi connectivity index (χ0n) is 9.50. The Morgan fingerprint density at radius 3 is 2.73 bits per heavy atom.